The van der Waals surface area contributed by atoms with Crippen LogP contribution in [0.1, 0.15) is 5.56 Å². The molecule has 2 aliphatic heterocycles. The molecule has 0 spiro atoms. The lowest BCUT2D eigenvalue weighted by Gasteiger charge is -2.36. The number of nitrogens with one attached hydrogen (secondary N) is 1. The third-order valence-electron chi connectivity index (χ3n) is 5.19. The molecule has 1 saturated heterocycles. The molecule has 0 aliphatic carbocycles. The van der Waals surface area contributed by atoms with Crippen LogP contribution in [0.2, 0.25) is 0 Å². The molecule has 0 bridgehead atoms. The zero-order valence-corrected chi connectivity index (χ0v) is 17.0. The van der Waals surface area contributed by atoms with Crippen LogP contribution in [0.3, 0.4) is 0 Å². The Bertz CT molecular complexity index is 971. The number of aryl methyl sites for hydroxylation is 1. The van der Waals surface area contributed by atoms with E-state index in [0.717, 1.165) is 37.4 Å². The molecular weight excluding hydrogens is 378 g/mol. The van der Waals surface area contributed by atoms with Crippen molar-refractivity contribution in [1.29, 1.82) is 0 Å². The van der Waals surface area contributed by atoms with Gasteiger partial charge in [0.15, 0.2) is 5.75 Å². The maximum atomic E-state index is 13.5. The van der Waals surface area contributed by atoms with E-state index in [1.165, 1.54) is 4.31 Å². The summed E-state index contributed by atoms with van der Waals surface area (Å²) >= 11 is 0. The summed E-state index contributed by atoms with van der Waals surface area (Å²) in [7, 11) is -2.12. The average Bonchev–Trinajstić information content (AvgIpc) is 2.73. The van der Waals surface area contributed by atoms with E-state index in [1.807, 2.05) is 25.1 Å². The minimum atomic E-state index is -3.71. The molecule has 8 heteroatoms. The molecule has 28 heavy (non-hydrogen) atoms. The number of hydrogen-bond donors (Lipinski definition) is 1. The molecule has 2 heterocycles. The zero-order valence-electron chi connectivity index (χ0n) is 16.1. The Balaban J connectivity index is 1.84. The summed E-state index contributed by atoms with van der Waals surface area (Å²) in [6.45, 7) is 5.78. The Morgan fingerprint density at radius 1 is 1.07 bits per heavy atom. The number of methoxy groups -OCH3 is 1. The first-order chi connectivity index (χ1) is 13.5. The summed E-state index contributed by atoms with van der Waals surface area (Å²) in [5.74, 6) is 1.22. The smallest absolute Gasteiger partial charge is 0.264 e. The number of ether oxygens (including phenoxy) is 2. The van der Waals surface area contributed by atoms with E-state index in [-0.39, 0.29) is 6.54 Å². The van der Waals surface area contributed by atoms with Crippen LogP contribution in [0.4, 0.5) is 11.4 Å². The lowest BCUT2D eigenvalue weighted by molar-refractivity contribution is 0.314. The van der Waals surface area contributed by atoms with Crippen molar-refractivity contribution < 1.29 is 17.9 Å². The highest BCUT2D eigenvalue weighted by atomic mass is 32.2. The lowest BCUT2D eigenvalue weighted by atomic mass is 10.1. The van der Waals surface area contributed by atoms with Gasteiger partial charge in [0, 0.05) is 38.3 Å². The van der Waals surface area contributed by atoms with Crippen LogP contribution >= 0.6 is 0 Å². The molecule has 0 radical (unpaired) electrons. The van der Waals surface area contributed by atoms with Crippen molar-refractivity contribution in [1.82, 2.24) is 5.32 Å². The van der Waals surface area contributed by atoms with Crippen molar-refractivity contribution >= 4 is 21.4 Å². The van der Waals surface area contributed by atoms with Crippen LogP contribution in [0.5, 0.6) is 11.5 Å². The summed E-state index contributed by atoms with van der Waals surface area (Å²) in [6.07, 6.45) is 0. The second kappa shape index (κ2) is 7.52. The third kappa shape index (κ3) is 3.27. The molecule has 0 atom stereocenters. The molecule has 0 saturated carbocycles. The van der Waals surface area contributed by atoms with E-state index in [9.17, 15) is 8.42 Å². The predicted molar refractivity (Wildman–Crippen MR) is 109 cm³/mol. The molecule has 150 valence electrons. The summed E-state index contributed by atoms with van der Waals surface area (Å²) < 4.78 is 39.8. The minimum absolute atomic E-state index is 0.262. The molecule has 7 nitrogen and oxygen atoms in total. The highest BCUT2D eigenvalue weighted by Crippen LogP contribution is 2.45. The normalized spacial score (nSPS) is 17.1. The van der Waals surface area contributed by atoms with Gasteiger partial charge in [0.2, 0.25) is 0 Å². The van der Waals surface area contributed by atoms with E-state index in [4.69, 9.17) is 9.47 Å². The lowest BCUT2D eigenvalue weighted by Crippen LogP contribution is -2.44. The van der Waals surface area contributed by atoms with Gasteiger partial charge in [-0.1, -0.05) is 18.2 Å². The zero-order chi connectivity index (χ0) is 19.7. The molecule has 2 aromatic carbocycles. The Hall–Kier alpha value is -2.45. The van der Waals surface area contributed by atoms with Crippen LogP contribution in [0.15, 0.2) is 41.3 Å². The van der Waals surface area contributed by atoms with Crippen molar-refractivity contribution in [3.63, 3.8) is 0 Å². The van der Waals surface area contributed by atoms with Gasteiger partial charge >= 0.3 is 0 Å². The molecule has 0 amide bonds. The first kappa shape index (κ1) is 18.9. The second-order valence-electron chi connectivity index (χ2n) is 6.92. The largest absolute Gasteiger partial charge is 0.497 e. The van der Waals surface area contributed by atoms with Crippen molar-refractivity contribution in [3.8, 4) is 11.5 Å². The van der Waals surface area contributed by atoms with Gasteiger partial charge in [0.25, 0.3) is 10.0 Å². The summed E-state index contributed by atoms with van der Waals surface area (Å²) in [5, 5.41) is 3.33. The molecule has 1 N–H and O–H groups in total. The average molecular weight is 404 g/mol. The molecule has 2 aromatic rings. The first-order valence-electron chi connectivity index (χ1n) is 9.41. The number of rotatable bonds is 4. The van der Waals surface area contributed by atoms with Gasteiger partial charge in [0.05, 0.1) is 29.9 Å². The molecule has 1 fully saturated rings. The van der Waals surface area contributed by atoms with E-state index < -0.39 is 10.0 Å². The van der Waals surface area contributed by atoms with Crippen molar-refractivity contribution in [3.05, 3.63) is 42.0 Å². The van der Waals surface area contributed by atoms with Crippen LogP contribution in [0, 0.1) is 6.92 Å². The number of benzene rings is 2. The van der Waals surface area contributed by atoms with Crippen molar-refractivity contribution in [2.75, 3.05) is 55.6 Å². The topological polar surface area (TPSA) is 71.1 Å². The van der Waals surface area contributed by atoms with E-state index in [2.05, 4.69) is 10.2 Å². The van der Waals surface area contributed by atoms with Gasteiger partial charge in [0.1, 0.15) is 12.4 Å². The fourth-order valence-electron chi connectivity index (χ4n) is 3.73. The summed E-state index contributed by atoms with van der Waals surface area (Å²) in [6, 6.07) is 10.7. The van der Waals surface area contributed by atoms with Gasteiger partial charge in [-0.25, -0.2) is 8.42 Å². The van der Waals surface area contributed by atoms with Gasteiger partial charge in [-0.3, -0.25) is 4.31 Å². The van der Waals surface area contributed by atoms with Gasteiger partial charge < -0.3 is 19.7 Å². The third-order valence-corrected chi connectivity index (χ3v) is 7.16. The van der Waals surface area contributed by atoms with E-state index >= 15 is 0 Å². The van der Waals surface area contributed by atoms with Crippen molar-refractivity contribution in [2.45, 2.75) is 11.8 Å². The Labute approximate surface area is 165 Å². The Kier molecular flexibility index (Phi) is 5.07. The molecule has 2 aliphatic rings. The molecular formula is C20H25N3O4S. The van der Waals surface area contributed by atoms with Crippen LogP contribution in [0.25, 0.3) is 0 Å². The number of anilines is 2. The van der Waals surface area contributed by atoms with E-state index in [1.54, 1.807) is 25.3 Å². The van der Waals surface area contributed by atoms with Crippen LogP contribution in [-0.2, 0) is 10.0 Å². The van der Waals surface area contributed by atoms with Gasteiger partial charge in [-0.2, -0.15) is 0 Å². The summed E-state index contributed by atoms with van der Waals surface area (Å²) in [4.78, 5) is 2.52. The Morgan fingerprint density at radius 3 is 2.50 bits per heavy atom. The number of nitrogens with zero attached hydrogens (tertiary/aromatic N) is 2. The minimum Gasteiger partial charge on any atom is -0.497 e. The van der Waals surface area contributed by atoms with Gasteiger partial charge in [-0.05, 0) is 18.6 Å². The highest BCUT2D eigenvalue weighted by Gasteiger charge is 2.34. The number of sulfonamides is 1. The maximum Gasteiger partial charge on any atom is 0.264 e. The fraction of sp³-hybridized carbons (Fsp3) is 0.400. The number of piperazine rings is 1. The fourth-order valence-corrected chi connectivity index (χ4v) is 5.40. The Morgan fingerprint density at radius 2 is 1.79 bits per heavy atom. The predicted octanol–water partition coefficient (Wildman–Crippen LogP) is 2.00. The number of hydrogen-bond acceptors (Lipinski definition) is 6. The molecule has 0 aromatic heterocycles. The number of fused-ring (bicyclic) bond motifs is 1. The SMILES string of the molecule is COc1cc(N2CCNCC2)c2c(c1)N(S(=O)(=O)c1ccccc1C)CCO2. The quantitative estimate of drug-likeness (QED) is 0.842. The molecule has 0 unspecified atom stereocenters. The van der Waals surface area contributed by atoms with Crippen LogP contribution in [-0.4, -0.2) is 54.9 Å². The first-order valence-corrected chi connectivity index (χ1v) is 10.9. The monoisotopic (exact) mass is 403 g/mol. The highest BCUT2D eigenvalue weighted by molar-refractivity contribution is 7.92. The van der Waals surface area contributed by atoms with Crippen LogP contribution < -0.4 is 24.0 Å². The second-order valence-corrected chi connectivity index (χ2v) is 8.75. The standard InChI is InChI=1S/C20H25N3O4S/c1-15-5-3-4-6-19(15)28(24,25)23-11-12-27-20-17(22-9-7-21-8-10-22)13-16(26-2)14-18(20)23/h3-6,13-14,21H,7-12H2,1-2H3. The summed E-state index contributed by atoms with van der Waals surface area (Å²) in [5.41, 5.74) is 2.13. The van der Waals surface area contributed by atoms with E-state index in [0.29, 0.717) is 28.7 Å². The van der Waals surface area contributed by atoms with Gasteiger partial charge in [-0.15, -0.1) is 0 Å². The molecule has 4 rings (SSSR count). The van der Waals surface area contributed by atoms with Crippen molar-refractivity contribution in [2.24, 2.45) is 0 Å². The maximum absolute atomic E-state index is 13.5.